The summed E-state index contributed by atoms with van der Waals surface area (Å²) in [7, 11) is 0. The van der Waals surface area contributed by atoms with E-state index >= 15 is 0 Å². The Labute approximate surface area is 142 Å². The van der Waals surface area contributed by atoms with Gasteiger partial charge in [0.1, 0.15) is 8.28 Å². The lowest BCUT2D eigenvalue weighted by Crippen LogP contribution is -2.24. The molecule has 1 unspecified atom stereocenters. The molecule has 0 saturated heterocycles. The average molecular weight is 360 g/mol. The Balaban J connectivity index is 2.57. The fourth-order valence-corrected chi connectivity index (χ4v) is 4.34. The van der Waals surface area contributed by atoms with E-state index in [1.807, 2.05) is 6.92 Å². The van der Waals surface area contributed by atoms with Crippen molar-refractivity contribution in [1.82, 2.24) is 4.73 Å². The predicted molar refractivity (Wildman–Crippen MR) is 90.9 cm³/mol. The first-order valence-electron chi connectivity index (χ1n) is 6.39. The van der Waals surface area contributed by atoms with Crippen LogP contribution in [0.15, 0.2) is 12.1 Å². The van der Waals surface area contributed by atoms with Gasteiger partial charge in [0.2, 0.25) is 11.8 Å². The van der Waals surface area contributed by atoms with E-state index in [0.29, 0.717) is 8.26 Å². The Hall–Kier alpha value is -1.37. The molecule has 0 aliphatic heterocycles. The molecule has 0 aromatic carbocycles. The predicted octanol–water partition coefficient (Wildman–Crippen LogP) is 2.69. The van der Waals surface area contributed by atoms with Crippen LogP contribution >= 0.6 is 35.7 Å². The number of hydrogen-bond acceptors (Lipinski definition) is 8. The maximum atomic E-state index is 11.8. The van der Waals surface area contributed by atoms with Gasteiger partial charge in [-0.15, -0.1) is 16.5 Å². The second-order valence-corrected chi connectivity index (χ2v) is 8.41. The number of carbonyl (C=O) groups is 1. The molecule has 1 heterocycles. The van der Waals surface area contributed by atoms with Crippen molar-refractivity contribution in [3.63, 3.8) is 0 Å². The van der Waals surface area contributed by atoms with Gasteiger partial charge in [0.25, 0.3) is 0 Å². The van der Waals surface area contributed by atoms with E-state index in [-0.39, 0.29) is 24.6 Å². The number of nitrogens with zero attached hydrogens (tertiary/aromatic N) is 2. The molecule has 120 valence electrons. The van der Waals surface area contributed by atoms with Gasteiger partial charge in [-0.1, -0.05) is 30.9 Å². The van der Waals surface area contributed by atoms with Crippen LogP contribution in [0.2, 0.25) is 0 Å². The Morgan fingerprint density at radius 2 is 2.09 bits per heavy atom. The van der Waals surface area contributed by atoms with Gasteiger partial charge in [-0.3, -0.25) is 0 Å². The third-order valence-electron chi connectivity index (χ3n) is 2.60. The number of aromatic hydroxyl groups is 2. The zero-order valence-electron chi connectivity index (χ0n) is 12.1. The maximum Gasteiger partial charge on any atom is 0.333 e. The molecule has 0 bridgehead atoms. The molecule has 1 rings (SSSR count). The highest BCUT2D eigenvalue weighted by atomic mass is 32.2. The van der Waals surface area contributed by atoms with E-state index in [0.717, 1.165) is 5.75 Å². The SMILES string of the molecule is CCSC(=S)SC(C)(C#N)CCC(=O)On1c(O)ccc1O. The lowest BCUT2D eigenvalue weighted by molar-refractivity contribution is -0.145. The summed E-state index contributed by atoms with van der Waals surface area (Å²) in [6, 6.07) is 4.54. The molecule has 0 radical (unpaired) electrons. The highest BCUT2D eigenvalue weighted by molar-refractivity contribution is 8.47. The first-order valence-corrected chi connectivity index (χ1v) is 8.60. The van der Waals surface area contributed by atoms with E-state index in [4.69, 9.17) is 17.1 Å². The Morgan fingerprint density at radius 1 is 1.50 bits per heavy atom. The minimum Gasteiger partial charge on any atom is -0.492 e. The molecule has 1 atom stereocenters. The maximum absolute atomic E-state index is 11.8. The van der Waals surface area contributed by atoms with Gasteiger partial charge in [-0.05, 0) is 19.1 Å². The quantitative estimate of drug-likeness (QED) is 0.748. The second kappa shape index (κ2) is 8.31. The Morgan fingerprint density at radius 3 is 2.59 bits per heavy atom. The van der Waals surface area contributed by atoms with Crippen LogP contribution in [0.1, 0.15) is 26.7 Å². The van der Waals surface area contributed by atoms with Gasteiger partial charge < -0.3 is 15.1 Å². The number of thiocarbonyl (C=S) groups is 1. The summed E-state index contributed by atoms with van der Waals surface area (Å²) < 4.78 is 0.441. The number of nitriles is 1. The van der Waals surface area contributed by atoms with E-state index in [1.54, 1.807) is 6.92 Å². The number of aromatic nitrogens is 1. The summed E-state index contributed by atoms with van der Waals surface area (Å²) in [5.74, 6) is -0.618. The van der Waals surface area contributed by atoms with Crippen molar-refractivity contribution >= 4 is 45.2 Å². The van der Waals surface area contributed by atoms with Gasteiger partial charge in [0.15, 0.2) is 0 Å². The molecule has 0 saturated carbocycles. The topological polar surface area (TPSA) is 95.5 Å². The summed E-state index contributed by atoms with van der Waals surface area (Å²) in [6.07, 6.45) is 0.188. The molecule has 2 N–H and O–H groups in total. The van der Waals surface area contributed by atoms with Crippen LogP contribution in [-0.4, -0.2) is 34.9 Å². The van der Waals surface area contributed by atoms with Crippen LogP contribution < -0.4 is 4.84 Å². The summed E-state index contributed by atoms with van der Waals surface area (Å²) in [6.45, 7) is 3.67. The molecule has 0 spiro atoms. The van der Waals surface area contributed by atoms with E-state index in [2.05, 4.69) is 6.07 Å². The van der Waals surface area contributed by atoms with Crippen LogP contribution in [0.4, 0.5) is 0 Å². The third kappa shape index (κ3) is 5.44. The highest BCUT2D eigenvalue weighted by Crippen LogP contribution is 2.34. The fraction of sp³-hybridized carbons (Fsp3) is 0.462. The smallest absolute Gasteiger partial charge is 0.333 e. The number of hydrogen-bond donors (Lipinski definition) is 2. The average Bonchev–Trinajstić information content (AvgIpc) is 2.77. The molecule has 6 nitrogen and oxygen atoms in total. The monoisotopic (exact) mass is 360 g/mol. The van der Waals surface area contributed by atoms with Crippen molar-refractivity contribution < 1.29 is 19.8 Å². The normalized spacial score (nSPS) is 13.1. The molecule has 0 aliphatic rings. The first kappa shape index (κ1) is 18.7. The number of rotatable bonds is 6. The molecule has 22 heavy (non-hydrogen) atoms. The van der Waals surface area contributed by atoms with Gasteiger partial charge in [0, 0.05) is 12.1 Å². The molecular weight excluding hydrogens is 344 g/mol. The Kier molecular flexibility index (Phi) is 7.06. The number of thioether (sulfide) groups is 2. The minimum atomic E-state index is -0.834. The van der Waals surface area contributed by atoms with Crippen LogP contribution in [0.3, 0.4) is 0 Å². The van der Waals surface area contributed by atoms with Crippen molar-refractivity contribution in [3.05, 3.63) is 12.1 Å². The minimum absolute atomic E-state index is 0.0481. The number of carbonyl (C=O) groups excluding carboxylic acids is 1. The van der Waals surface area contributed by atoms with Crippen molar-refractivity contribution in [3.8, 4) is 17.8 Å². The molecule has 0 fully saturated rings. The van der Waals surface area contributed by atoms with Gasteiger partial charge in [-0.2, -0.15) is 5.26 Å². The van der Waals surface area contributed by atoms with Crippen LogP contribution in [0.25, 0.3) is 0 Å². The lowest BCUT2D eigenvalue weighted by Gasteiger charge is -2.20. The van der Waals surface area contributed by atoms with Gasteiger partial charge in [0.05, 0.1) is 12.5 Å². The van der Waals surface area contributed by atoms with E-state index < -0.39 is 10.7 Å². The summed E-state index contributed by atoms with van der Waals surface area (Å²) in [4.78, 5) is 16.6. The van der Waals surface area contributed by atoms with Gasteiger partial charge in [-0.25, -0.2) is 4.79 Å². The summed E-state index contributed by atoms with van der Waals surface area (Å²) >= 11 is 7.88. The first-order chi connectivity index (χ1) is 10.3. The summed E-state index contributed by atoms with van der Waals surface area (Å²) in [5, 5.41) is 28.0. The molecule has 0 aliphatic carbocycles. The molecule has 1 aromatic rings. The largest absolute Gasteiger partial charge is 0.492 e. The summed E-state index contributed by atoms with van der Waals surface area (Å²) in [5.41, 5.74) is 0. The van der Waals surface area contributed by atoms with Crippen molar-refractivity contribution in [2.45, 2.75) is 31.4 Å². The zero-order chi connectivity index (χ0) is 16.8. The molecular formula is C13H16N2O4S3. The van der Waals surface area contributed by atoms with Crippen LogP contribution in [0.5, 0.6) is 11.8 Å². The Bertz CT molecular complexity index is 577. The van der Waals surface area contributed by atoms with Crippen molar-refractivity contribution in [1.29, 1.82) is 5.26 Å². The van der Waals surface area contributed by atoms with E-state index in [1.165, 1.54) is 35.7 Å². The van der Waals surface area contributed by atoms with Crippen LogP contribution in [-0.2, 0) is 4.79 Å². The fourth-order valence-electron chi connectivity index (χ4n) is 1.44. The molecule has 9 heteroatoms. The third-order valence-corrected chi connectivity index (χ3v) is 5.25. The molecule has 0 amide bonds. The molecule has 1 aromatic heterocycles. The van der Waals surface area contributed by atoms with Gasteiger partial charge >= 0.3 is 5.97 Å². The zero-order valence-corrected chi connectivity index (χ0v) is 14.6. The van der Waals surface area contributed by atoms with Crippen LogP contribution in [0, 0.1) is 11.3 Å². The van der Waals surface area contributed by atoms with Crippen molar-refractivity contribution in [2.75, 3.05) is 5.75 Å². The second-order valence-electron chi connectivity index (χ2n) is 4.44. The lowest BCUT2D eigenvalue weighted by atomic mass is 10.1. The van der Waals surface area contributed by atoms with Crippen molar-refractivity contribution in [2.24, 2.45) is 0 Å². The van der Waals surface area contributed by atoms with E-state index in [9.17, 15) is 20.3 Å². The highest BCUT2D eigenvalue weighted by Gasteiger charge is 2.28. The standard InChI is InChI=1S/C13H16N2O4S3/c1-3-21-12(20)22-13(2,8-14)7-6-11(18)19-15-9(16)4-5-10(15)17/h4-5,16-17H,3,6-7H2,1-2H3.